The maximum atomic E-state index is 5.67. The van der Waals surface area contributed by atoms with Gasteiger partial charge < -0.3 is 4.74 Å². The zero-order chi connectivity index (χ0) is 8.36. The molecule has 0 atom stereocenters. The van der Waals surface area contributed by atoms with Crippen LogP contribution in [0.3, 0.4) is 0 Å². The second kappa shape index (κ2) is 4.31. The summed E-state index contributed by atoms with van der Waals surface area (Å²) in [6, 6.07) is 0. The molecule has 0 aliphatic carbocycles. The first kappa shape index (κ1) is 11.2. The van der Waals surface area contributed by atoms with Crippen molar-refractivity contribution in [1.82, 2.24) is 0 Å². The summed E-state index contributed by atoms with van der Waals surface area (Å²) in [4.78, 5) is 0. The Hall–Kier alpha value is 1.24. The fraction of sp³-hybridized carbons (Fsp3) is 0.600. The summed E-state index contributed by atoms with van der Waals surface area (Å²) in [7, 11) is 1.43. The van der Waals surface area contributed by atoms with Crippen molar-refractivity contribution in [3.8, 4) is 0 Å². The third kappa shape index (κ3) is 3.09. The van der Waals surface area contributed by atoms with E-state index in [9.17, 15) is 0 Å². The Morgan fingerprint density at radius 2 is 1.80 bits per heavy atom. The Kier molecular flexibility index (Phi) is 4.85. The first-order chi connectivity index (χ1) is 4.41. The number of ether oxygens (including phenoxy) is 1. The van der Waals surface area contributed by atoms with Crippen LogP contribution in [0.5, 0.6) is 0 Å². The number of hydrogen-bond acceptors (Lipinski definition) is 1. The number of halogens is 4. The summed E-state index contributed by atoms with van der Waals surface area (Å²) in [5.41, 5.74) is 0. The zero-order valence-corrected chi connectivity index (χ0v) is 10.1. The topological polar surface area (TPSA) is 9.23 Å². The zero-order valence-electron chi connectivity index (χ0n) is 5.42. The standard InChI is InChI=1S/C5H6Br2Cl2O/c1-3(6)4(7)5(8,9)10-2/h1-2H3/b4-3-. The summed E-state index contributed by atoms with van der Waals surface area (Å²) in [5, 5.41) is 0. The normalized spacial score (nSPS) is 15.0. The van der Waals surface area contributed by atoms with Gasteiger partial charge in [-0.05, 0) is 22.9 Å². The van der Waals surface area contributed by atoms with E-state index in [4.69, 9.17) is 27.9 Å². The molecule has 0 amide bonds. The van der Waals surface area contributed by atoms with Crippen molar-refractivity contribution >= 4 is 55.1 Å². The third-order valence-electron chi connectivity index (χ3n) is 0.814. The highest BCUT2D eigenvalue weighted by molar-refractivity contribution is 9.14. The lowest BCUT2D eigenvalue weighted by molar-refractivity contribution is 0.168. The van der Waals surface area contributed by atoms with Crippen molar-refractivity contribution in [3.05, 3.63) is 8.96 Å². The van der Waals surface area contributed by atoms with Gasteiger partial charge in [0.1, 0.15) is 0 Å². The SMILES string of the molecule is COC(Cl)(Cl)/C(Br)=C(\C)Br. The fourth-order valence-corrected chi connectivity index (χ4v) is 1.24. The van der Waals surface area contributed by atoms with Gasteiger partial charge in [0.05, 0.1) is 4.48 Å². The van der Waals surface area contributed by atoms with E-state index in [1.807, 2.05) is 6.92 Å². The van der Waals surface area contributed by atoms with Crippen molar-refractivity contribution in [2.45, 2.75) is 11.4 Å². The molecular formula is C5H6Br2Cl2O. The molecule has 0 aromatic rings. The average Bonchev–Trinajstić information content (AvgIpc) is 1.86. The van der Waals surface area contributed by atoms with Gasteiger partial charge >= 0.3 is 0 Å². The average molecular weight is 313 g/mol. The summed E-state index contributed by atoms with van der Waals surface area (Å²) in [6.07, 6.45) is 0. The summed E-state index contributed by atoms with van der Waals surface area (Å²) >= 11 is 17.7. The van der Waals surface area contributed by atoms with E-state index in [1.54, 1.807) is 0 Å². The molecule has 0 radical (unpaired) electrons. The Morgan fingerprint density at radius 3 is 1.90 bits per heavy atom. The molecule has 60 valence electrons. The molecule has 0 spiro atoms. The minimum absolute atomic E-state index is 0.575. The molecule has 10 heavy (non-hydrogen) atoms. The van der Waals surface area contributed by atoms with Crippen LogP contribution in [0.1, 0.15) is 6.92 Å². The summed E-state index contributed by atoms with van der Waals surface area (Å²) in [5.74, 6) is 0. The molecule has 0 bridgehead atoms. The predicted molar refractivity (Wildman–Crippen MR) is 52.0 cm³/mol. The van der Waals surface area contributed by atoms with Crippen LogP contribution < -0.4 is 0 Å². The quantitative estimate of drug-likeness (QED) is 0.705. The van der Waals surface area contributed by atoms with E-state index < -0.39 is 4.52 Å². The molecular weight excluding hydrogens is 307 g/mol. The van der Waals surface area contributed by atoms with Crippen molar-refractivity contribution < 1.29 is 4.74 Å². The van der Waals surface area contributed by atoms with E-state index in [2.05, 4.69) is 31.9 Å². The molecule has 0 saturated carbocycles. The van der Waals surface area contributed by atoms with Gasteiger partial charge in [0, 0.05) is 11.6 Å². The largest absolute Gasteiger partial charge is 0.346 e. The lowest BCUT2D eigenvalue weighted by Gasteiger charge is -2.17. The lowest BCUT2D eigenvalue weighted by Crippen LogP contribution is -2.15. The molecule has 0 saturated heterocycles. The van der Waals surface area contributed by atoms with E-state index in [0.717, 1.165) is 4.48 Å². The van der Waals surface area contributed by atoms with E-state index in [1.165, 1.54) is 7.11 Å². The molecule has 0 aliphatic heterocycles. The van der Waals surface area contributed by atoms with Gasteiger partial charge in [-0.1, -0.05) is 39.1 Å². The molecule has 1 nitrogen and oxygen atoms in total. The van der Waals surface area contributed by atoms with Crippen LogP contribution in [0.2, 0.25) is 0 Å². The second-order valence-corrected chi connectivity index (χ2v) is 4.81. The van der Waals surface area contributed by atoms with Crippen LogP contribution in [0.4, 0.5) is 0 Å². The van der Waals surface area contributed by atoms with Crippen LogP contribution >= 0.6 is 55.1 Å². The Labute approximate surface area is 87.0 Å². The fourth-order valence-electron chi connectivity index (χ4n) is 0.290. The molecule has 0 aliphatic rings. The number of allylic oxidation sites excluding steroid dienone is 1. The Morgan fingerprint density at radius 1 is 1.40 bits per heavy atom. The van der Waals surface area contributed by atoms with Gasteiger partial charge in [0.2, 0.25) is 0 Å². The molecule has 5 heteroatoms. The molecule has 0 aromatic carbocycles. The van der Waals surface area contributed by atoms with Crippen molar-refractivity contribution in [2.75, 3.05) is 7.11 Å². The van der Waals surface area contributed by atoms with E-state index >= 15 is 0 Å². The van der Waals surface area contributed by atoms with E-state index in [-0.39, 0.29) is 0 Å². The molecule has 0 N–H and O–H groups in total. The van der Waals surface area contributed by atoms with Crippen LogP contribution in [-0.4, -0.2) is 11.6 Å². The number of hydrogen-bond donors (Lipinski definition) is 0. The molecule has 0 fully saturated rings. The van der Waals surface area contributed by atoms with Crippen LogP contribution in [0.25, 0.3) is 0 Å². The van der Waals surface area contributed by atoms with Crippen molar-refractivity contribution in [3.63, 3.8) is 0 Å². The molecule has 0 unspecified atom stereocenters. The highest BCUT2D eigenvalue weighted by Gasteiger charge is 2.28. The maximum Gasteiger partial charge on any atom is 0.251 e. The van der Waals surface area contributed by atoms with Gasteiger partial charge in [-0.2, -0.15) is 0 Å². The van der Waals surface area contributed by atoms with Gasteiger partial charge in [-0.25, -0.2) is 0 Å². The number of methoxy groups -OCH3 is 1. The van der Waals surface area contributed by atoms with Gasteiger partial charge in [-0.3, -0.25) is 0 Å². The first-order valence-electron chi connectivity index (χ1n) is 2.37. The molecule has 0 heterocycles. The van der Waals surface area contributed by atoms with Crippen LogP contribution in [-0.2, 0) is 4.74 Å². The minimum atomic E-state index is -1.28. The predicted octanol–water partition coefficient (Wildman–Crippen LogP) is 3.79. The highest BCUT2D eigenvalue weighted by Crippen LogP contribution is 2.38. The van der Waals surface area contributed by atoms with Gasteiger partial charge in [0.15, 0.2) is 0 Å². The van der Waals surface area contributed by atoms with Gasteiger partial charge in [-0.15, -0.1) is 0 Å². The van der Waals surface area contributed by atoms with Crippen LogP contribution in [0.15, 0.2) is 8.96 Å². The lowest BCUT2D eigenvalue weighted by atomic mass is 10.5. The van der Waals surface area contributed by atoms with E-state index in [0.29, 0.717) is 4.48 Å². The van der Waals surface area contributed by atoms with Crippen molar-refractivity contribution in [2.24, 2.45) is 0 Å². The third-order valence-corrected chi connectivity index (χ3v) is 4.04. The smallest absolute Gasteiger partial charge is 0.251 e. The maximum absolute atomic E-state index is 5.67. The minimum Gasteiger partial charge on any atom is -0.346 e. The number of rotatable bonds is 2. The monoisotopic (exact) mass is 310 g/mol. The Balaban J connectivity index is 4.49. The number of alkyl halides is 2. The molecule has 0 rings (SSSR count). The Bertz CT molecular complexity index is 152. The molecule has 0 aromatic heterocycles. The summed E-state index contributed by atoms with van der Waals surface area (Å²) < 4.78 is 4.85. The second-order valence-electron chi connectivity index (χ2n) is 1.57. The van der Waals surface area contributed by atoms with Gasteiger partial charge in [0.25, 0.3) is 4.52 Å². The highest BCUT2D eigenvalue weighted by atomic mass is 79.9. The van der Waals surface area contributed by atoms with Crippen LogP contribution in [0, 0.1) is 0 Å². The van der Waals surface area contributed by atoms with Crippen molar-refractivity contribution in [1.29, 1.82) is 0 Å². The first-order valence-corrected chi connectivity index (χ1v) is 4.71. The summed E-state index contributed by atoms with van der Waals surface area (Å²) in [6.45, 7) is 1.81.